The average molecular weight is 317 g/mol. The van der Waals surface area contributed by atoms with Crippen LogP contribution in [0.15, 0.2) is 30.6 Å². The van der Waals surface area contributed by atoms with Crippen LogP contribution in [0.3, 0.4) is 0 Å². The van der Waals surface area contributed by atoms with E-state index < -0.39 is 0 Å². The van der Waals surface area contributed by atoms with Gasteiger partial charge in [-0.1, -0.05) is 0 Å². The van der Waals surface area contributed by atoms with Gasteiger partial charge in [0.05, 0.1) is 17.9 Å². The summed E-state index contributed by atoms with van der Waals surface area (Å²) in [5.74, 6) is 0.598. The molecule has 2 unspecified atom stereocenters. The molecular weight excluding hydrogens is 298 g/mol. The van der Waals surface area contributed by atoms with Gasteiger partial charge in [0.2, 0.25) is 0 Å². The topological polar surface area (TPSA) is 82.4 Å². The first-order valence-corrected chi connectivity index (χ1v) is 7.51. The van der Waals surface area contributed by atoms with E-state index in [1.807, 2.05) is 26.0 Å². The van der Waals surface area contributed by atoms with Crippen molar-refractivity contribution >= 4 is 5.91 Å². The van der Waals surface area contributed by atoms with Crippen molar-refractivity contribution in [2.45, 2.75) is 26.1 Å². The molecule has 8 heteroatoms. The molecule has 0 bridgehead atoms. The Labute approximate surface area is 134 Å². The van der Waals surface area contributed by atoms with Crippen LogP contribution >= 0.6 is 0 Å². The normalized spacial score (nSPS) is 21.2. The Kier molecular flexibility index (Phi) is 4.52. The summed E-state index contributed by atoms with van der Waals surface area (Å²) in [6.45, 7) is 5.16. The van der Waals surface area contributed by atoms with E-state index in [9.17, 15) is 4.79 Å². The predicted molar refractivity (Wildman–Crippen MR) is 81.2 cm³/mol. The van der Waals surface area contributed by atoms with Crippen molar-refractivity contribution in [2.24, 2.45) is 0 Å². The summed E-state index contributed by atoms with van der Waals surface area (Å²) in [7, 11) is 0. The third-order valence-corrected chi connectivity index (χ3v) is 3.58. The molecule has 1 aromatic carbocycles. The Bertz CT molecular complexity index is 634. The Morgan fingerprint density at radius 3 is 2.57 bits per heavy atom. The first kappa shape index (κ1) is 15.4. The number of hydrogen-bond acceptors (Lipinski definition) is 6. The van der Waals surface area contributed by atoms with Crippen LogP contribution in [0.1, 0.15) is 13.8 Å². The summed E-state index contributed by atoms with van der Waals surface area (Å²) >= 11 is 0. The maximum Gasteiger partial charge on any atom is 0.260 e. The van der Waals surface area contributed by atoms with Crippen molar-refractivity contribution < 1.29 is 14.3 Å². The zero-order valence-corrected chi connectivity index (χ0v) is 13.1. The molecule has 2 aromatic rings. The number of carbonyl (C=O) groups excluding carboxylic acids is 1. The number of hydrogen-bond donors (Lipinski definition) is 0. The van der Waals surface area contributed by atoms with Crippen LogP contribution in [0.4, 0.5) is 0 Å². The molecule has 0 saturated carbocycles. The summed E-state index contributed by atoms with van der Waals surface area (Å²) in [5.41, 5.74) is 0.824. The van der Waals surface area contributed by atoms with Gasteiger partial charge in [-0.2, -0.15) is 0 Å². The molecule has 2 heterocycles. The van der Waals surface area contributed by atoms with Crippen LogP contribution in [-0.2, 0) is 9.53 Å². The highest BCUT2D eigenvalue weighted by molar-refractivity contribution is 5.78. The van der Waals surface area contributed by atoms with Gasteiger partial charge in [-0.3, -0.25) is 4.79 Å². The molecule has 0 aliphatic carbocycles. The number of benzene rings is 1. The summed E-state index contributed by atoms with van der Waals surface area (Å²) in [6.07, 6.45) is 1.62. The van der Waals surface area contributed by atoms with Crippen LogP contribution < -0.4 is 4.74 Å². The van der Waals surface area contributed by atoms with E-state index in [0.717, 1.165) is 5.69 Å². The monoisotopic (exact) mass is 317 g/mol. The van der Waals surface area contributed by atoms with Gasteiger partial charge in [-0.05, 0) is 48.5 Å². The fourth-order valence-electron chi connectivity index (χ4n) is 2.59. The molecule has 1 fully saturated rings. The molecule has 0 spiro atoms. The van der Waals surface area contributed by atoms with Gasteiger partial charge >= 0.3 is 0 Å². The smallest absolute Gasteiger partial charge is 0.260 e. The predicted octanol–water partition coefficient (Wildman–Crippen LogP) is 0.677. The van der Waals surface area contributed by atoms with E-state index in [0.29, 0.717) is 18.8 Å². The second kappa shape index (κ2) is 6.74. The van der Waals surface area contributed by atoms with E-state index in [1.165, 1.54) is 6.33 Å². The maximum absolute atomic E-state index is 12.2. The van der Waals surface area contributed by atoms with Crippen LogP contribution in [0.2, 0.25) is 0 Å². The molecule has 0 N–H and O–H groups in total. The lowest BCUT2D eigenvalue weighted by Crippen LogP contribution is -2.49. The minimum atomic E-state index is -0.0310. The minimum Gasteiger partial charge on any atom is -0.484 e. The van der Waals surface area contributed by atoms with E-state index in [2.05, 4.69) is 15.5 Å². The fourth-order valence-corrected chi connectivity index (χ4v) is 2.59. The number of ether oxygens (including phenoxy) is 2. The molecule has 1 aromatic heterocycles. The van der Waals surface area contributed by atoms with Crippen molar-refractivity contribution in [1.82, 2.24) is 25.1 Å². The number of amides is 1. The van der Waals surface area contributed by atoms with Crippen LogP contribution in [0.5, 0.6) is 5.75 Å². The standard InChI is InChI=1S/C15H19N5O3/c1-11-7-19(8-12(2)23-11)15(21)9-22-14-5-3-13(4-6-14)20-10-16-17-18-20/h3-6,10-12H,7-9H2,1-2H3. The molecule has 8 nitrogen and oxygen atoms in total. The fraction of sp³-hybridized carbons (Fsp3) is 0.467. The molecule has 0 radical (unpaired) electrons. The summed E-state index contributed by atoms with van der Waals surface area (Å²) in [6, 6.07) is 7.23. The number of aromatic nitrogens is 4. The van der Waals surface area contributed by atoms with Gasteiger partial charge in [-0.15, -0.1) is 5.10 Å². The van der Waals surface area contributed by atoms with E-state index in [1.54, 1.807) is 21.7 Å². The van der Waals surface area contributed by atoms with Gasteiger partial charge in [0.1, 0.15) is 12.1 Å². The molecule has 1 aliphatic heterocycles. The Hall–Kier alpha value is -2.48. The highest BCUT2D eigenvalue weighted by atomic mass is 16.5. The molecule has 2 atom stereocenters. The highest BCUT2D eigenvalue weighted by Gasteiger charge is 2.25. The molecule has 23 heavy (non-hydrogen) atoms. The number of carbonyl (C=O) groups is 1. The van der Waals surface area contributed by atoms with Gasteiger partial charge < -0.3 is 14.4 Å². The van der Waals surface area contributed by atoms with Gasteiger partial charge in [0.15, 0.2) is 6.61 Å². The van der Waals surface area contributed by atoms with Crippen LogP contribution in [0, 0.1) is 0 Å². The first-order valence-electron chi connectivity index (χ1n) is 7.51. The van der Waals surface area contributed by atoms with E-state index >= 15 is 0 Å². The van der Waals surface area contributed by atoms with Crippen molar-refractivity contribution in [1.29, 1.82) is 0 Å². The molecular formula is C15H19N5O3. The van der Waals surface area contributed by atoms with E-state index in [-0.39, 0.29) is 24.7 Å². The van der Waals surface area contributed by atoms with Crippen LogP contribution in [0.25, 0.3) is 5.69 Å². The summed E-state index contributed by atoms with van der Waals surface area (Å²) < 4.78 is 12.7. The Morgan fingerprint density at radius 1 is 1.26 bits per heavy atom. The number of rotatable bonds is 4. The van der Waals surface area contributed by atoms with Crippen LogP contribution in [-0.4, -0.2) is 62.9 Å². The first-order chi connectivity index (χ1) is 11.1. The van der Waals surface area contributed by atoms with Crippen molar-refractivity contribution in [2.75, 3.05) is 19.7 Å². The third kappa shape index (κ3) is 3.84. The SMILES string of the molecule is CC1CN(C(=O)COc2ccc(-n3cnnn3)cc2)CC(C)O1. The largest absolute Gasteiger partial charge is 0.484 e. The molecule has 122 valence electrons. The van der Waals surface area contributed by atoms with Crippen molar-refractivity contribution in [3.8, 4) is 11.4 Å². The molecule has 1 aliphatic rings. The van der Waals surface area contributed by atoms with Gasteiger partial charge in [0, 0.05) is 13.1 Å². The Morgan fingerprint density at radius 2 is 1.96 bits per heavy atom. The van der Waals surface area contributed by atoms with E-state index in [4.69, 9.17) is 9.47 Å². The number of nitrogens with zero attached hydrogens (tertiary/aromatic N) is 5. The molecule has 1 saturated heterocycles. The van der Waals surface area contributed by atoms with Crippen molar-refractivity contribution in [3.05, 3.63) is 30.6 Å². The number of morpholine rings is 1. The second-order valence-corrected chi connectivity index (χ2v) is 5.59. The molecule has 1 amide bonds. The number of tetrazole rings is 1. The lowest BCUT2D eigenvalue weighted by Gasteiger charge is -2.35. The lowest BCUT2D eigenvalue weighted by atomic mass is 10.2. The van der Waals surface area contributed by atoms with Gasteiger partial charge in [0.25, 0.3) is 5.91 Å². The maximum atomic E-state index is 12.2. The minimum absolute atomic E-state index is 0.0175. The third-order valence-electron chi connectivity index (χ3n) is 3.58. The van der Waals surface area contributed by atoms with Crippen molar-refractivity contribution in [3.63, 3.8) is 0 Å². The summed E-state index contributed by atoms with van der Waals surface area (Å²) in [4.78, 5) is 14.0. The molecule has 3 rings (SSSR count). The average Bonchev–Trinajstić information content (AvgIpc) is 3.06. The zero-order valence-electron chi connectivity index (χ0n) is 13.1. The zero-order chi connectivity index (χ0) is 16.2. The highest BCUT2D eigenvalue weighted by Crippen LogP contribution is 2.15. The second-order valence-electron chi connectivity index (χ2n) is 5.59. The summed E-state index contributed by atoms with van der Waals surface area (Å²) in [5, 5.41) is 11.0. The quantitative estimate of drug-likeness (QED) is 0.824. The Balaban J connectivity index is 1.54. The van der Waals surface area contributed by atoms with Gasteiger partial charge in [-0.25, -0.2) is 4.68 Å². The lowest BCUT2D eigenvalue weighted by molar-refractivity contribution is -0.145.